The first-order chi connectivity index (χ1) is 9.30. The van der Waals surface area contributed by atoms with Crippen molar-refractivity contribution in [1.82, 2.24) is 10.1 Å². The fourth-order valence-corrected chi connectivity index (χ4v) is 2.80. The van der Waals surface area contributed by atoms with Crippen LogP contribution in [-0.2, 0) is 16.8 Å². The summed E-state index contributed by atoms with van der Waals surface area (Å²) in [7, 11) is 0. The van der Waals surface area contributed by atoms with Crippen LogP contribution in [0.2, 0.25) is 0 Å². The van der Waals surface area contributed by atoms with E-state index in [1.54, 1.807) is 0 Å². The topological polar surface area (TPSA) is 74.2 Å². The van der Waals surface area contributed by atoms with Crippen molar-refractivity contribution in [2.24, 2.45) is 5.73 Å². The van der Waals surface area contributed by atoms with Crippen LogP contribution in [0.1, 0.15) is 63.6 Å². The summed E-state index contributed by atoms with van der Waals surface area (Å²) in [5.74, 6) is 1.42. The molecule has 19 heavy (non-hydrogen) atoms. The molecule has 108 valence electrons. The molecule has 0 atom stereocenters. The summed E-state index contributed by atoms with van der Waals surface area (Å²) in [6.07, 6.45) is 8.52. The van der Waals surface area contributed by atoms with Gasteiger partial charge in [0.05, 0.1) is 0 Å². The highest BCUT2D eigenvalue weighted by atomic mass is 16.5. The molecule has 0 bridgehead atoms. The summed E-state index contributed by atoms with van der Waals surface area (Å²) in [5.41, 5.74) is 5.18. The fourth-order valence-electron chi connectivity index (χ4n) is 2.80. The Kier molecular flexibility index (Phi) is 5.34. The summed E-state index contributed by atoms with van der Waals surface area (Å²) in [4.78, 5) is 4.55. The first kappa shape index (κ1) is 14.5. The lowest BCUT2D eigenvalue weighted by atomic mass is 9.93. The van der Waals surface area contributed by atoms with Crippen molar-refractivity contribution < 1.29 is 9.26 Å². The Morgan fingerprint density at radius 1 is 1.26 bits per heavy atom. The highest BCUT2D eigenvalue weighted by Crippen LogP contribution is 2.38. The van der Waals surface area contributed by atoms with Gasteiger partial charge < -0.3 is 15.0 Å². The SMILES string of the molecule is CCOC1(c2noc(CCCN)n2)CCCCCC1. The Morgan fingerprint density at radius 2 is 2.00 bits per heavy atom. The molecule has 1 aliphatic carbocycles. The molecule has 0 unspecified atom stereocenters. The smallest absolute Gasteiger partial charge is 0.226 e. The van der Waals surface area contributed by atoms with Gasteiger partial charge >= 0.3 is 0 Å². The maximum atomic E-state index is 6.04. The van der Waals surface area contributed by atoms with Crippen LogP contribution in [0.4, 0.5) is 0 Å². The van der Waals surface area contributed by atoms with Crippen molar-refractivity contribution in [1.29, 1.82) is 0 Å². The molecule has 0 spiro atoms. The molecule has 1 aliphatic rings. The molecule has 1 fully saturated rings. The van der Waals surface area contributed by atoms with Gasteiger partial charge in [-0.3, -0.25) is 0 Å². The second kappa shape index (κ2) is 7.01. The summed E-state index contributed by atoms with van der Waals surface area (Å²) in [6.45, 7) is 3.36. The molecule has 1 aromatic heterocycles. The predicted octanol–water partition coefficient (Wildman–Crippen LogP) is 2.55. The number of hydrogen-bond acceptors (Lipinski definition) is 5. The molecule has 2 rings (SSSR count). The molecule has 5 heteroatoms. The minimum absolute atomic E-state index is 0.324. The number of nitrogens with two attached hydrogens (primary N) is 1. The number of rotatable bonds is 6. The minimum Gasteiger partial charge on any atom is -0.367 e. The highest BCUT2D eigenvalue weighted by Gasteiger charge is 2.38. The number of hydrogen-bond donors (Lipinski definition) is 1. The van der Waals surface area contributed by atoms with Gasteiger partial charge in [-0.25, -0.2) is 0 Å². The molecule has 1 heterocycles. The van der Waals surface area contributed by atoms with Gasteiger partial charge in [0.15, 0.2) is 0 Å². The molecule has 0 aliphatic heterocycles. The Bertz CT molecular complexity index is 371. The van der Waals surface area contributed by atoms with Crippen molar-refractivity contribution in [3.05, 3.63) is 11.7 Å². The molecule has 1 aromatic rings. The van der Waals surface area contributed by atoms with Crippen LogP contribution in [0.3, 0.4) is 0 Å². The van der Waals surface area contributed by atoms with Gasteiger partial charge in [0, 0.05) is 13.0 Å². The van der Waals surface area contributed by atoms with E-state index < -0.39 is 0 Å². The van der Waals surface area contributed by atoms with E-state index in [9.17, 15) is 0 Å². The second-order valence-corrected chi connectivity index (χ2v) is 5.25. The second-order valence-electron chi connectivity index (χ2n) is 5.25. The van der Waals surface area contributed by atoms with Crippen LogP contribution in [0.15, 0.2) is 4.52 Å². The van der Waals surface area contributed by atoms with E-state index in [1.807, 2.05) is 6.92 Å². The van der Waals surface area contributed by atoms with Gasteiger partial charge in [0.25, 0.3) is 0 Å². The van der Waals surface area contributed by atoms with Crippen molar-refractivity contribution in [3.63, 3.8) is 0 Å². The Labute approximate surface area is 114 Å². The molecule has 0 radical (unpaired) electrons. The summed E-state index contributed by atoms with van der Waals surface area (Å²) in [6, 6.07) is 0. The zero-order chi connectivity index (χ0) is 13.6. The van der Waals surface area contributed by atoms with Crippen LogP contribution in [0.25, 0.3) is 0 Å². The third-order valence-corrected chi connectivity index (χ3v) is 3.80. The van der Waals surface area contributed by atoms with E-state index in [0.29, 0.717) is 19.0 Å². The molecule has 2 N–H and O–H groups in total. The summed E-state index contributed by atoms with van der Waals surface area (Å²) in [5, 5.41) is 4.17. The average molecular weight is 267 g/mol. The maximum Gasteiger partial charge on any atom is 0.226 e. The van der Waals surface area contributed by atoms with Gasteiger partial charge in [0.2, 0.25) is 11.7 Å². The van der Waals surface area contributed by atoms with Gasteiger partial charge in [-0.15, -0.1) is 0 Å². The molecule has 5 nitrogen and oxygen atoms in total. The molecular formula is C14H25N3O2. The number of aryl methyl sites for hydroxylation is 1. The van der Waals surface area contributed by atoms with Crippen LogP contribution >= 0.6 is 0 Å². The van der Waals surface area contributed by atoms with E-state index in [2.05, 4.69) is 10.1 Å². The van der Waals surface area contributed by atoms with Crippen LogP contribution in [0.5, 0.6) is 0 Å². The van der Waals surface area contributed by atoms with Crippen LogP contribution in [0, 0.1) is 0 Å². The van der Waals surface area contributed by atoms with Gasteiger partial charge in [-0.1, -0.05) is 30.8 Å². The van der Waals surface area contributed by atoms with Crippen LogP contribution < -0.4 is 5.73 Å². The Hall–Kier alpha value is -0.940. The first-order valence-corrected chi connectivity index (χ1v) is 7.48. The van der Waals surface area contributed by atoms with E-state index in [1.165, 1.54) is 25.7 Å². The average Bonchev–Trinajstić information content (AvgIpc) is 2.77. The lowest BCUT2D eigenvalue weighted by Crippen LogP contribution is -2.30. The quantitative estimate of drug-likeness (QED) is 0.802. The zero-order valence-electron chi connectivity index (χ0n) is 11.9. The predicted molar refractivity (Wildman–Crippen MR) is 72.7 cm³/mol. The fraction of sp³-hybridized carbons (Fsp3) is 0.857. The lowest BCUT2D eigenvalue weighted by molar-refractivity contribution is -0.0636. The van der Waals surface area contributed by atoms with E-state index in [4.69, 9.17) is 15.0 Å². The first-order valence-electron chi connectivity index (χ1n) is 7.48. The molecule has 0 saturated heterocycles. The maximum absolute atomic E-state index is 6.04. The normalized spacial score (nSPS) is 19.3. The molecule has 0 amide bonds. The largest absolute Gasteiger partial charge is 0.367 e. The summed E-state index contributed by atoms with van der Waals surface area (Å²) < 4.78 is 11.4. The van der Waals surface area contributed by atoms with Gasteiger partial charge in [-0.05, 0) is 32.7 Å². The van der Waals surface area contributed by atoms with E-state index >= 15 is 0 Å². The van der Waals surface area contributed by atoms with Crippen molar-refractivity contribution >= 4 is 0 Å². The third kappa shape index (κ3) is 3.54. The molecule has 1 saturated carbocycles. The van der Waals surface area contributed by atoms with E-state index in [-0.39, 0.29) is 5.60 Å². The number of ether oxygens (including phenoxy) is 1. The number of aromatic nitrogens is 2. The van der Waals surface area contributed by atoms with Crippen molar-refractivity contribution in [2.45, 2.75) is 63.9 Å². The lowest BCUT2D eigenvalue weighted by Gasteiger charge is -2.29. The van der Waals surface area contributed by atoms with Gasteiger partial charge in [0.1, 0.15) is 5.60 Å². The standard InChI is InChI=1S/C14H25N3O2/c1-2-18-14(9-5-3-4-6-10-14)13-16-12(19-17-13)8-7-11-15/h2-11,15H2,1H3. The van der Waals surface area contributed by atoms with Gasteiger partial charge in [-0.2, -0.15) is 4.98 Å². The third-order valence-electron chi connectivity index (χ3n) is 3.80. The Morgan fingerprint density at radius 3 is 2.63 bits per heavy atom. The Balaban J connectivity index is 2.14. The molecular weight excluding hydrogens is 242 g/mol. The minimum atomic E-state index is -0.324. The van der Waals surface area contributed by atoms with Crippen LogP contribution in [-0.4, -0.2) is 23.3 Å². The van der Waals surface area contributed by atoms with E-state index in [0.717, 1.165) is 31.5 Å². The number of nitrogens with zero attached hydrogens (tertiary/aromatic N) is 2. The van der Waals surface area contributed by atoms with Crippen molar-refractivity contribution in [2.75, 3.05) is 13.2 Å². The highest BCUT2D eigenvalue weighted by molar-refractivity contribution is 5.03. The van der Waals surface area contributed by atoms with Crippen molar-refractivity contribution in [3.8, 4) is 0 Å². The monoisotopic (exact) mass is 267 g/mol. The summed E-state index contributed by atoms with van der Waals surface area (Å²) >= 11 is 0. The molecule has 0 aromatic carbocycles. The zero-order valence-corrected chi connectivity index (χ0v) is 11.9.